The number of amides is 2. The van der Waals surface area contributed by atoms with Gasteiger partial charge in [0.15, 0.2) is 0 Å². The molecule has 3 N–H and O–H groups in total. The second-order valence-electron chi connectivity index (χ2n) is 8.89. The predicted octanol–water partition coefficient (Wildman–Crippen LogP) is 3.00. The Morgan fingerprint density at radius 3 is 2.83 bits per heavy atom. The Morgan fingerprint density at radius 1 is 1.28 bits per heavy atom. The molecule has 1 fully saturated rings. The van der Waals surface area contributed by atoms with Crippen molar-refractivity contribution < 1.29 is 14.7 Å². The first-order chi connectivity index (χ1) is 13.7. The number of carbonyl (C=O) groups is 2. The normalized spacial score (nSPS) is 27.8. The van der Waals surface area contributed by atoms with Gasteiger partial charge in [0.25, 0.3) is 0 Å². The number of nitrogens with zero attached hydrogens (tertiary/aromatic N) is 1. The monoisotopic (exact) mass is 399 g/mol. The van der Waals surface area contributed by atoms with E-state index in [4.69, 9.17) is 0 Å². The van der Waals surface area contributed by atoms with Crippen LogP contribution in [-0.2, 0) is 16.0 Å². The summed E-state index contributed by atoms with van der Waals surface area (Å²) in [6.45, 7) is 4.48. The van der Waals surface area contributed by atoms with Gasteiger partial charge >= 0.3 is 0 Å². The van der Waals surface area contributed by atoms with Gasteiger partial charge in [-0.2, -0.15) is 0 Å². The summed E-state index contributed by atoms with van der Waals surface area (Å²) >= 11 is 0. The van der Waals surface area contributed by atoms with Crippen molar-refractivity contribution >= 4 is 22.7 Å². The molecule has 1 aromatic carbocycles. The van der Waals surface area contributed by atoms with Gasteiger partial charge in [-0.1, -0.05) is 25.1 Å². The maximum Gasteiger partial charge on any atom is 0.245 e. The minimum Gasteiger partial charge on any atom is -0.390 e. The van der Waals surface area contributed by atoms with Gasteiger partial charge in [0.1, 0.15) is 6.04 Å². The minimum atomic E-state index is -0.767. The second-order valence-corrected chi connectivity index (χ2v) is 8.89. The first-order valence-electron chi connectivity index (χ1n) is 10.6. The molecule has 29 heavy (non-hydrogen) atoms. The molecule has 3 rings (SSSR count). The van der Waals surface area contributed by atoms with E-state index in [-0.39, 0.29) is 17.7 Å². The zero-order valence-corrected chi connectivity index (χ0v) is 17.7. The van der Waals surface area contributed by atoms with Crippen LogP contribution in [0.25, 0.3) is 10.9 Å². The Balaban J connectivity index is 1.80. The van der Waals surface area contributed by atoms with Gasteiger partial charge in [-0.05, 0) is 50.2 Å². The number of H-pyrrole nitrogens is 1. The largest absolute Gasteiger partial charge is 0.390 e. The summed E-state index contributed by atoms with van der Waals surface area (Å²) < 4.78 is 0. The first kappa shape index (κ1) is 21.4. The van der Waals surface area contributed by atoms with Crippen molar-refractivity contribution in [3.05, 3.63) is 36.0 Å². The number of likely N-dealkylation sites (N-methyl/N-ethyl adjacent to an activating group) is 1. The molecule has 0 unspecified atom stereocenters. The second kappa shape index (κ2) is 8.99. The summed E-state index contributed by atoms with van der Waals surface area (Å²) in [6.07, 6.45) is 5.47. The molecule has 0 saturated carbocycles. The van der Waals surface area contributed by atoms with E-state index in [0.29, 0.717) is 38.6 Å². The van der Waals surface area contributed by atoms with Crippen molar-refractivity contribution in [2.75, 3.05) is 13.6 Å². The standard InChI is InChI=1S/C23H33N3O3/c1-16-9-10-21(27)25-20(13-17-15-24-19-8-5-4-7-18(17)19)22(28)26(3)12-6-11-23(2,29)14-16/h4-5,7-8,15-16,20,24,29H,6,9-14H2,1-3H3,(H,25,27)/t16-,20-,23+/m0/s1. The topological polar surface area (TPSA) is 85.4 Å². The van der Waals surface area contributed by atoms with Crippen molar-refractivity contribution in [2.24, 2.45) is 5.92 Å². The van der Waals surface area contributed by atoms with Crippen LogP contribution < -0.4 is 5.32 Å². The average molecular weight is 400 g/mol. The Hall–Kier alpha value is -2.34. The quantitative estimate of drug-likeness (QED) is 0.726. The highest BCUT2D eigenvalue weighted by Gasteiger charge is 2.28. The average Bonchev–Trinajstić information content (AvgIpc) is 3.07. The highest BCUT2D eigenvalue weighted by molar-refractivity contribution is 5.89. The van der Waals surface area contributed by atoms with Crippen LogP contribution in [0.15, 0.2) is 30.5 Å². The molecular weight excluding hydrogens is 366 g/mol. The van der Waals surface area contributed by atoms with Crippen LogP contribution in [0, 0.1) is 5.92 Å². The SMILES string of the molecule is C[C@H]1CCC(=O)N[C@@H](Cc2c[nH]c3ccccc23)C(=O)N(C)CCC[C@@](C)(O)C1. The fourth-order valence-electron chi connectivity index (χ4n) is 4.39. The van der Waals surface area contributed by atoms with Crippen LogP contribution >= 0.6 is 0 Å². The van der Waals surface area contributed by atoms with E-state index in [2.05, 4.69) is 17.2 Å². The van der Waals surface area contributed by atoms with Gasteiger partial charge in [0.05, 0.1) is 5.60 Å². The van der Waals surface area contributed by atoms with Gasteiger partial charge in [-0.25, -0.2) is 0 Å². The van der Waals surface area contributed by atoms with E-state index < -0.39 is 11.6 Å². The summed E-state index contributed by atoms with van der Waals surface area (Å²) in [5, 5.41) is 14.7. The van der Waals surface area contributed by atoms with Crippen LogP contribution in [0.4, 0.5) is 0 Å². The van der Waals surface area contributed by atoms with Crippen LogP contribution in [0.3, 0.4) is 0 Å². The fourth-order valence-corrected chi connectivity index (χ4v) is 4.39. The van der Waals surface area contributed by atoms with Crippen LogP contribution in [0.1, 0.15) is 51.5 Å². The predicted molar refractivity (Wildman–Crippen MR) is 114 cm³/mol. The zero-order valence-electron chi connectivity index (χ0n) is 17.7. The molecule has 1 aliphatic rings. The van der Waals surface area contributed by atoms with Crippen LogP contribution in [0.2, 0.25) is 0 Å². The van der Waals surface area contributed by atoms with E-state index in [9.17, 15) is 14.7 Å². The molecule has 3 atom stereocenters. The highest BCUT2D eigenvalue weighted by Crippen LogP contribution is 2.25. The number of para-hydroxylation sites is 1. The lowest BCUT2D eigenvalue weighted by Crippen LogP contribution is -2.48. The molecule has 2 amide bonds. The highest BCUT2D eigenvalue weighted by atomic mass is 16.3. The molecule has 6 heteroatoms. The van der Waals surface area contributed by atoms with E-state index >= 15 is 0 Å². The fraction of sp³-hybridized carbons (Fsp3) is 0.565. The van der Waals surface area contributed by atoms with Gasteiger partial charge in [0.2, 0.25) is 11.8 Å². The van der Waals surface area contributed by atoms with Crippen LogP contribution in [-0.4, -0.2) is 52.0 Å². The van der Waals surface area contributed by atoms with Crippen molar-refractivity contribution in [1.82, 2.24) is 15.2 Å². The van der Waals surface area contributed by atoms with Crippen LogP contribution in [0.5, 0.6) is 0 Å². The first-order valence-corrected chi connectivity index (χ1v) is 10.6. The molecule has 1 saturated heterocycles. The lowest BCUT2D eigenvalue weighted by atomic mass is 9.87. The minimum absolute atomic E-state index is 0.0874. The van der Waals surface area contributed by atoms with Gasteiger partial charge in [-0.3, -0.25) is 9.59 Å². The number of rotatable bonds is 2. The summed E-state index contributed by atoms with van der Waals surface area (Å²) in [5.41, 5.74) is 1.28. The number of nitrogens with one attached hydrogen (secondary N) is 2. The third-order valence-corrected chi connectivity index (χ3v) is 5.97. The molecule has 0 radical (unpaired) electrons. The van der Waals surface area contributed by atoms with Crippen molar-refractivity contribution in [2.45, 2.75) is 64.0 Å². The number of fused-ring (bicyclic) bond motifs is 1. The number of aliphatic hydroxyl groups is 1. The zero-order chi connectivity index (χ0) is 21.0. The van der Waals surface area contributed by atoms with Crippen molar-refractivity contribution in [3.8, 4) is 0 Å². The smallest absolute Gasteiger partial charge is 0.245 e. The third-order valence-electron chi connectivity index (χ3n) is 5.97. The number of carbonyl (C=O) groups excluding carboxylic acids is 2. The summed E-state index contributed by atoms with van der Waals surface area (Å²) in [7, 11) is 1.77. The molecule has 2 aromatic rings. The lowest BCUT2D eigenvalue weighted by Gasteiger charge is -2.28. The summed E-state index contributed by atoms with van der Waals surface area (Å²) in [5.74, 6) is 0.0508. The lowest BCUT2D eigenvalue weighted by molar-refractivity contribution is -0.135. The van der Waals surface area contributed by atoms with Gasteiger partial charge in [-0.15, -0.1) is 0 Å². The van der Waals surface area contributed by atoms with E-state index in [1.165, 1.54) is 0 Å². The van der Waals surface area contributed by atoms with E-state index in [0.717, 1.165) is 22.9 Å². The molecule has 0 spiro atoms. The number of aromatic nitrogens is 1. The number of hydrogen-bond donors (Lipinski definition) is 3. The van der Waals surface area contributed by atoms with Crippen molar-refractivity contribution in [3.63, 3.8) is 0 Å². The Bertz CT molecular complexity index is 858. The molecule has 0 bridgehead atoms. The maximum atomic E-state index is 13.1. The Morgan fingerprint density at radius 2 is 2.03 bits per heavy atom. The number of hydrogen-bond acceptors (Lipinski definition) is 3. The number of benzene rings is 1. The molecule has 6 nitrogen and oxygen atoms in total. The molecule has 1 aliphatic heterocycles. The maximum absolute atomic E-state index is 13.1. The van der Waals surface area contributed by atoms with E-state index in [1.807, 2.05) is 37.4 Å². The van der Waals surface area contributed by atoms with Gasteiger partial charge in [0, 0.05) is 43.5 Å². The molecular formula is C23H33N3O3. The molecule has 158 valence electrons. The Kier molecular flexibility index (Phi) is 6.63. The summed E-state index contributed by atoms with van der Waals surface area (Å²) in [4.78, 5) is 30.6. The Labute approximate surface area is 172 Å². The summed E-state index contributed by atoms with van der Waals surface area (Å²) in [6, 6.07) is 7.38. The third kappa shape index (κ3) is 5.60. The molecule has 1 aromatic heterocycles. The molecule has 2 heterocycles. The van der Waals surface area contributed by atoms with E-state index in [1.54, 1.807) is 11.9 Å². The molecule has 0 aliphatic carbocycles. The number of aromatic amines is 1. The van der Waals surface area contributed by atoms with Crippen molar-refractivity contribution in [1.29, 1.82) is 0 Å². The van der Waals surface area contributed by atoms with Gasteiger partial charge < -0.3 is 20.3 Å².